The number of fused-ring (bicyclic) bond motifs is 1. The highest BCUT2D eigenvalue weighted by Gasteiger charge is 2.36. The van der Waals surface area contributed by atoms with Crippen molar-refractivity contribution in [2.24, 2.45) is 14.1 Å². The van der Waals surface area contributed by atoms with Crippen molar-refractivity contribution >= 4 is 43.9 Å². The lowest BCUT2D eigenvalue weighted by molar-refractivity contribution is -0.140. The van der Waals surface area contributed by atoms with E-state index in [4.69, 9.17) is 0 Å². The number of aryl methyl sites for hydroxylation is 1. The zero-order valence-corrected chi connectivity index (χ0v) is 18.9. The van der Waals surface area contributed by atoms with Crippen LogP contribution >= 0.6 is 22.7 Å². The van der Waals surface area contributed by atoms with E-state index in [9.17, 15) is 36.3 Å². The molecule has 0 aliphatic rings. The molecule has 0 unspecified atom stereocenters. The molecule has 7 nitrogen and oxygen atoms in total. The number of anilines is 1. The van der Waals surface area contributed by atoms with Gasteiger partial charge in [-0.3, -0.25) is 18.7 Å². The van der Waals surface area contributed by atoms with E-state index in [0.717, 1.165) is 33.3 Å². The number of alkyl halides is 3. The first-order valence-electron chi connectivity index (χ1n) is 9.37. The van der Waals surface area contributed by atoms with Crippen molar-refractivity contribution in [2.45, 2.75) is 12.6 Å². The first-order valence-corrected chi connectivity index (χ1v) is 11.1. The summed E-state index contributed by atoms with van der Waals surface area (Å²) in [5.74, 6) is -4.32. The SMILES string of the molecule is Cn1c(=O)c2c(CC(=O)Nc3nc(-c4ccc(C(F)(F)F)c(F)c4F)cs3)csc2n(C)c1=O. The Bertz CT molecular complexity index is 1570. The first-order chi connectivity index (χ1) is 15.9. The van der Waals surface area contributed by atoms with Crippen molar-refractivity contribution < 1.29 is 26.7 Å². The lowest BCUT2D eigenvalue weighted by atomic mass is 10.1. The van der Waals surface area contributed by atoms with Crippen LogP contribution in [0.4, 0.5) is 27.1 Å². The van der Waals surface area contributed by atoms with Gasteiger partial charge in [-0.2, -0.15) is 13.2 Å². The van der Waals surface area contributed by atoms with E-state index in [0.29, 0.717) is 16.5 Å². The minimum atomic E-state index is -5.05. The first kappa shape index (κ1) is 23.8. The van der Waals surface area contributed by atoms with Gasteiger partial charge < -0.3 is 5.32 Å². The standard InChI is InChI=1S/C20H13F5N4O3S2/c1-28-16(31)13-8(6-33-17(13)29(2)19(28)32)5-12(30)27-18-26-11(7-34-18)9-3-4-10(20(23,24)25)15(22)14(9)21/h3-4,6-7H,5H2,1-2H3,(H,26,27,30). The van der Waals surface area contributed by atoms with Crippen LogP contribution in [0.1, 0.15) is 11.1 Å². The van der Waals surface area contributed by atoms with Gasteiger partial charge in [0.1, 0.15) is 4.83 Å². The maximum atomic E-state index is 14.2. The molecular weight excluding hydrogens is 503 g/mol. The molecule has 0 atom stereocenters. The third kappa shape index (κ3) is 4.03. The molecule has 3 heterocycles. The number of nitrogens with zero attached hydrogens (tertiary/aromatic N) is 3. The lowest BCUT2D eigenvalue weighted by Crippen LogP contribution is -2.36. The topological polar surface area (TPSA) is 86.0 Å². The molecule has 0 spiro atoms. The zero-order valence-electron chi connectivity index (χ0n) is 17.3. The summed E-state index contributed by atoms with van der Waals surface area (Å²) in [6.45, 7) is 0. The molecule has 0 saturated carbocycles. The molecule has 1 N–H and O–H groups in total. The Hall–Kier alpha value is -3.39. The van der Waals surface area contributed by atoms with E-state index in [-0.39, 0.29) is 22.6 Å². The third-order valence-electron chi connectivity index (χ3n) is 5.01. The molecule has 178 valence electrons. The molecule has 14 heteroatoms. The fourth-order valence-corrected chi connectivity index (χ4v) is 5.07. The van der Waals surface area contributed by atoms with E-state index in [1.807, 2.05) is 0 Å². The molecule has 0 radical (unpaired) electrons. The summed E-state index contributed by atoms with van der Waals surface area (Å²) in [6, 6.07) is 1.18. The molecule has 0 saturated heterocycles. The summed E-state index contributed by atoms with van der Waals surface area (Å²) < 4.78 is 68.6. The number of carbonyl (C=O) groups is 1. The van der Waals surface area contributed by atoms with Gasteiger partial charge in [0.25, 0.3) is 5.56 Å². The largest absolute Gasteiger partial charge is 0.419 e. The van der Waals surface area contributed by atoms with Crippen LogP contribution in [0.25, 0.3) is 21.5 Å². The Kier molecular flexibility index (Phi) is 5.89. The molecule has 3 aromatic heterocycles. The molecule has 1 amide bonds. The van der Waals surface area contributed by atoms with E-state index in [1.165, 1.54) is 24.0 Å². The lowest BCUT2D eigenvalue weighted by Gasteiger charge is -2.10. The fraction of sp³-hybridized carbons (Fsp3) is 0.200. The van der Waals surface area contributed by atoms with Crippen LogP contribution in [-0.2, 0) is 31.5 Å². The van der Waals surface area contributed by atoms with Gasteiger partial charge in [-0.05, 0) is 23.1 Å². The highest BCUT2D eigenvalue weighted by Crippen LogP contribution is 2.36. The number of thiazole rings is 1. The Balaban J connectivity index is 1.57. The van der Waals surface area contributed by atoms with Crippen LogP contribution in [0.15, 0.2) is 32.5 Å². The molecule has 0 bridgehead atoms. The van der Waals surface area contributed by atoms with Gasteiger partial charge >= 0.3 is 11.9 Å². The van der Waals surface area contributed by atoms with Crippen LogP contribution in [0.3, 0.4) is 0 Å². The second-order valence-corrected chi connectivity index (χ2v) is 8.91. The Morgan fingerprint density at radius 3 is 2.44 bits per heavy atom. The van der Waals surface area contributed by atoms with Gasteiger partial charge in [0.05, 0.1) is 23.1 Å². The summed E-state index contributed by atoms with van der Waals surface area (Å²) in [6.07, 6.45) is -5.28. The molecular formula is C20H13F5N4O3S2. The molecule has 1 aromatic carbocycles. The second kappa shape index (κ2) is 8.43. The van der Waals surface area contributed by atoms with Crippen LogP contribution < -0.4 is 16.6 Å². The summed E-state index contributed by atoms with van der Waals surface area (Å²) >= 11 is 1.99. The third-order valence-corrected chi connectivity index (χ3v) is 6.87. The molecule has 4 rings (SSSR count). The van der Waals surface area contributed by atoms with Crippen LogP contribution in [0.2, 0.25) is 0 Å². The van der Waals surface area contributed by atoms with E-state index in [1.54, 1.807) is 5.38 Å². The highest BCUT2D eigenvalue weighted by molar-refractivity contribution is 7.17. The highest BCUT2D eigenvalue weighted by atomic mass is 32.1. The second-order valence-electron chi connectivity index (χ2n) is 7.20. The summed E-state index contributed by atoms with van der Waals surface area (Å²) in [4.78, 5) is 41.4. The minimum absolute atomic E-state index is 0.000422. The number of benzene rings is 1. The number of rotatable bonds is 4. The number of hydrogen-bond acceptors (Lipinski definition) is 6. The maximum absolute atomic E-state index is 14.2. The maximum Gasteiger partial charge on any atom is 0.419 e. The van der Waals surface area contributed by atoms with Gasteiger partial charge in [0.15, 0.2) is 16.8 Å². The molecule has 4 aromatic rings. The Labute approximate surface area is 194 Å². The van der Waals surface area contributed by atoms with Crippen molar-refractivity contribution in [1.82, 2.24) is 14.1 Å². The van der Waals surface area contributed by atoms with Gasteiger partial charge in [0, 0.05) is 25.0 Å². The number of aromatic nitrogens is 3. The van der Waals surface area contributed by atoms with Crippen molar-refractivity contribution in [3.63, 3.8) is 0 Å². The predicted molar refractivity (Wildman–Crippen MR) is 117 cm³/mol. The van der Waals surface area contributed by atoms with Crippen LogP contribution in [0.5, 0.6) is 0 Å². The minimum Gasteiger partial charge on any atom is -0.302 e. The summed E-state index contributed by atoms with van der Waals surface area (Å²) in [7, 11) is 2.83. The number of amides is 1. The molecule has 34 heavy (non-hydrogen) atoms. The van der Waals surface area contributed by atoms with Crippen molar-refractivity contribution in [2.75, 3.05) is 5.32 Å². The average molecular weight is 516 g/mol. The molecule has 0 fully saturated rings. The number of nitrogens with one attached hydrogen (secondary N) is 1. The number of carbonyl (C=O) groups excluding carboxylic acids is 1. The Morgan fingerprint density at radius 2 is 1.76 bits per heavy atom. The van der Waals surface area contributed by atoms with Gasteiger partial charge in [-0.1, -0.05) is 0 Å². The fourth-order valence-electron chi connectivity index (χ4n) is 3.31. The number of halogens is 5. The van der Waals surface area contributed by atoms with Gasteiger partial charge in [-0.25, -0.2) is 18.6 Å². The predicted octanol–water partition coefficient (Wildman–Crippen LogP) is 3.90. The van der Waals surface area contributed by atoms with Gasteiger partial charge in [0.2, 0.25) is 5.91 Å². The molecule has 0 aliphatic carbocycles. The van der Waals surface area contributed by atoms with E-state index >= 15 is 0 Å². The van der Waals surface area contributed by atoms with Crippen LogP contribution in [0, 0.1) is 11.6 Å². The smallest absolute Gasteiger partial charge is 0.302 e. The van der Waals surface area contributed by atoms with Crippen molar-refractivity contribution in [3.8, 4) is 11.3 Å². The Morgan fingerprint density at radius 1 is 1.06 bits per heavy atom. The average Bonchev–Trinajstić information content (AvgIpc) is 3.39. The monoisotopic (exact) mass is 516 g/mol. The van der Waals surface area contributed by atoms with Gasteiger partial charge in [-0.15, -0.1) is 22.7 Å². The number of thiophene rings is 1. The van der Waals surface area contributed by atoms with Crippen molar-refractivity contribution in [3.05, 3.63) is 66.5 Å². The zero-order chi connectivity index (χ0) is 24.9. The van der Waals surface area contributed by atoms with Crippen LogP contribution in [-0.4, -0.2) is 20.0 Å². The van der Waals surface area contributed by atoms with E-state index < -0.39 is 46.1 Å². The normalized spacial score (nSPS) is 11.9. The van der Waals surface area contributed by atoms with E-state index in [2.05, 4.69) is 10.3 Å². The molecule has 0 aliphatic heterocycles. The summed E-state index contributed by atoms with van der Waals surface area (Å²) in [5, 5.41) is 5.53. The van der Waals surface area contributed by atoms with Crippen molar-refractivity contribution in [1.29, 1.82) is 0 Å². The summed E-state index contributed by atoms with van der Waals surface area (Å²) in [5.41, 5.74) is -3.03. The quantitative estimate of drug-likeness (QED) is 0.417. The number of hydrogen-bond donors (Lipinski definition) is 1.